The van der Waals surface area contributed by atoms with Gasteiger partial charge >= 0.3 is 5.97 Å². The number of hydrogen-bond donors (Lipinski definition) is 0. The first kappa shape index (κ1) is 20.7. The molecule has 3 heterocycles. The van der Waals surface area contributed by atoms with Gasteiger partial charge in [0.25, 0.3) is 5.91 Å². The van der Waals surface area contributed by atoms with Crippen molar-refractivity contribution in [2.45, 2.75) is 57.0 Å². The van der Waals surface area contributed by atoms with Crippen molar-refractivity contribution in [3.05, 3.63) is 34.9 Å². The highest BCUT2D eigenvalue weighted by Gasteiger charge is 2.49. The number of carbonyl (C=O) groups is 2. The molecule has 1 aromatic rings. The van der Waals surface area contributed by atoms with Crippen molar-refractivity contribution in [3.8, 4) is 0 Å². The smallest absolute Gasteiger partial charge is 0.305 e. The molecule has 0 radical (unpaired) electrons. The van der Waals surface area contributed by atoms with E-state index in [1.54, 1.807) is 12.1 Å². The topological polar surface area (TPSA) is 49.9 Å². The quantitative estimate of drug-likeness (QED) is 0.678. The number of halogens is 1. The molecular formula is C23H31ClN2O3. The molecule has 3 fully saturated rings. The van der Waals surface area contributed by atoms with Crippen LogP contribution < -0.4 is 0 Å². The number of rotatable bonds is 5. The van der Waals surface area contributed by atoms with Crippen LogP contribution in [0.3, 0.4) is 0 Å². The Labute approximate surface area is 178 Å². The van der Waals surface area contributed by atoms with Crippen LogP contribution in [0.25, 0.3) is 0 Å². The molecule has 0 saturated carbocycles. The van der Waals surface area contributed by atoms with Crippen LogP contribution in [0, 0.1) is 11.8 Å². The maximum absolute atomic E-state index is 13.5. The van der Waals surface area contributed by atoms with Gasteiger partial charge in [-0.2, -0.15) is 0 Å². The van der Waals surface area contributed by atoms with Gasteiger partial charge in [0.2, 0.25) is 0 Å². The number of methoxy groups -OCH3 is 1. The zero-order chi connectivity index (χ0) is 20.4. The molecule has 3 aliphatic rings. The summed E-state index contributed by atoms with van der Waals surface area (Å²) in [6.07, 6.45) is 6.84. The first-order valence-electron chi connectivity index (χ1n) is 11.0. The highest BCUT2D eigenvalue weighted by molar-refractivity contribution is 6.30. The average molecular weight is 419 g/mol. The molecular weight excluding hydrogens is 388 g/mol. The van der Waals surface area contributed by atoms with E-state index in [9.17, 15) is 9.59 Å². The maximum atomic E-state index is 13.5. The minimum absolute atomic E-state index is 0.103. The van der Waals surface area contributed by atoms with Crippen molar-refractivity contribution in [1.29, 1.82) is 0 Å². The molecule has 0 aliphatic carbocycles. The second kappa shape index (κ2) is 9.05. The molecule has 3 aliphatic heterocycles. The standard InChI is InChI=1S/C23H31ClN2O3/c1-29-21(27)8-2-7-20-19-6-4-14-25-13-3-5-17(22(19)25)15-26(20)23(28)16-9-11-18(24)12-10-16/h9-12,17,19-20,22H,2-8,13-15H2,1H3/t17-,19-,20-,22+/m1/s1. The molecule has 5 nitrogen and oxygen atoms in total. The Morgan fingerprint density at radius 1 is 1.14 bits per heavy atom. The Morgan fingerprint density at radius 3 is 2.59 bits per heavy atom. The van der Waals surface area contributed by atoms with Gasteiger partial charge in [-0.25, -0.2) is 0 Å². The lowest BCUT2D eigenvalue weighted by Crippen LogP contribution is -2.65. The summed E-state index contributed by atoms with van der Waals surface area (Å²) >= 11 is 6.03. The number of benzene rings is 1. The zero-order valence-electron chi connectivity index (χ0n) is 17.2. The molecule has 6 heteroatoms. The second-order valence-electron chi connectivity index (χ2n) is 8.74. The fourth-order valence-electron chi connectivity index (χ4n) is 5.91. The minimum Gasteiger partial charge on any atom is -0.469 e. The van der Waals surface area contributed by atoms with Gasteiger partial charge in [0, 0.05) is 35.6 Å². The van der Waals surface area contributed by atoms with Crippen molar-refractivity contribution in [3.63, 3.8) is 0 Å². The molecule has 4 rings (SSSR count). The number of amides is 1. The molecule has 0 spiro atoms. The van der Waals surface area contributed by atoms with Gasteiger partial charge in [-0.1, -0.05) is 11.6 Å². The predicted octanol–water partition coefficient (Wildman–Crippen LogP) is 4.00. The summed E-state index contributed by atoms with van der Waals surface area (Å²) in [6, 6.07) is 8.01. The van der Waals surface area contributed by atoms with E-state index in [4.69, 9.17) is 16.3 Å². The lowest BCUT2D eigenvalue weighted by atomic mass is 9.69. The van der Waals surface area contributed by atoms with Crippen molar-refractivity contribution in [2.24, 2.45) is 11.8 Å². The molecule has 29 heavy (non-hydrogen) atoms. The Bertz CT molecular complexity index is 736. The van der Waals surface area contributed by atoms with E-state index in [1.165, 1.54) is 45.9 Å². The Hall–Kier alpha value is -1.59. The third-order valence-corrected chi connectivity index (χ3v) is 7.38. The van der Waals surface area contributed by atoms with Crippen LogP contribution in [-0.4, -0.2) is 60.5 Å². The van der Waals surface area contributed by atoms with Crippen molar-refractivity contribution in [1.82, 2.24) is 9.80 Å². The first-order chi connectivity index (χ1) is 14.1. The summed E-state index contributed by atoms with van der Waals surface area (Å²) < 4.78 is 4.82. The summed E-state index contributed by atoms with van der Waals surface area (Å²) in [5.41, 5.74) is 0.703. The minimum atomic E-state index is -0.169. The molecule has 0 aromatic heterocycles. The third kappa shape index (κ3) is 4.31. The van der Waals surface area contributed by atoms with E-state index in [0.717, 1.165) is 19.4 Å². The molecule has 0 bridgehead atoms. The van der Waals surface area contributed by atoms with Gasteiger partial charge in [0.1, 0.15) is 0 Å². The number of ether oxygens (including phenoxy) is 1. The normalized spacial score (nSPS) is 29.2. The molecule has 158 valence electrons. The van der Waals surface area contributed by atoms with E-state index in [0.29, 0.717) is 34.9 Å². The largest absolute Gasteiger partial charge is 0.469 e. The van der Waals surface area contributed by atoms with Crippen LogP contribution >= 0.6 is 11.6 Å². The lowest BCUT2D eigenvalue weighted by Gasteiger charge is -2.57. The van der Waals surface area contributed by atoms with Gasteiger partial charge < -0.3 is 9.64 Å². The maximum Gasteiger partial charge on any atom is 0.305 e. The van der Waals surface area contributed by atoms with Crippen LogP contribution in [0.1, 0.15) is 55.3 Å². The Balaban J connectivity index is 1.58. The van der Waals surface area contributed by atoms with E-state index in [-0.39, 0.29) is 17.9 Å². The van der Waals surface area contributed by atoms with Gasteiger partial charge in [0.15, 0.2) is 0 Å². The number of piperidine rings is 3. The van der Waals surface area contributed by atoms with E-state index < -0.39 is 0 Å². The predicted molar refractivity (Wildman–Crippen MR) is 113 cm³/mol. The summed E-state index contributed by atoms with van der Waals surface area (Å²) in [6.45, 7) is 3.21. The summed E-state index contributed by atoms with van der Waals surface area (Å²) in [5.74, 6) is 0.988. The van der Waals surface area contributed by atoms with Crippen LogP contribution in [0.15, 0.2) is 24.3 Å². The van der Waals surface area contributed by atoms with Crippen LogP contribution in [0.2, 0.25) is 5.02 Å². The number of esters is 1. The van der Waals surface area contributed by atoms with Gasteiger partial charge in [-0.3, -0.25) is 14.5 Å². The molecule has 1 aromatic carbocycles. The number of carbonyl (C=O) groups excluding carboxylic acids is 2. The monoisotopic (exact) mass is 418 g/mol. The number of hydrogen-bond acceptors (Lipinski definition) is 4. The Morgan fingerprint density at radius 2 is 1.86 bits per heavy atom. The fraction of sp³-hybridized carbons (Fsp3) is 0.652. The lowest BCUT2D eigenvalue weighted by molar-refractivity contribution is -0.140. The highest BCUT2D eigenvalue weighted by atomic mass is 35.5. The molecule has 1 amide bonds. The molecule has 3 saturated heterocycles. The van der Waals surface area contributed by atoms with Gasteiger partial charge in [-0.05, 0) is 87.7 Å². The van der Waals surface area contributed by atoms with E-state index in [2.05, 4.69) is 9.80 Å². The molecule has 0 N–H and O–H groups in total. The molecule has 0 unspecified atom stereocenters. The third-order valence-electron chi connectivity index (χ3n) is 7.13. The van der Waals surface area contributed by atoms with Gasteiger partial charge in [0.05, 0.1) is 7.11 Å². The Kier molecular flexibility index (Phi) is 6.45. The number of nitrogens with zero attached hydrogens (tertiary/aromatic N) is 2. The van der Waals surface area contributed by atoms with Crippen molar-refractivity contribution >= 4 is 23.5 Å². The number of likely N-dealkylation sites (tertiary alicyclic amines) is 1. The first-order valence-corrected chi connectivity index (χ1v) is 11.3. The fourth-order valence-corrected chi connectivity index (χ4v) is 6.04. The van der Waals surface area contributed by atoms with Crippen molar-refractivity contribution in [2.75, 3.05) is 26.7 Å². The summed E-state index contributed by atoms with van der Waals surface area (Å²) in [4.78, 5) is 29.9. The summed E-state index contributed by atoms with van der Waals surface area (Å²) in [5, 5.41) is 0.644. The SMILES string of the molecule is COC(=O)CCC[C@@H]1[C@H]2CCCN3CCC[C@H](CN1C(=O)c1ccc(Cl)cc1)[C@@H]23. The second-order valence-corrected chi connectivity index (χ2v) is 9.17. The van der Waals surface area contributed by atoms with Crippen LogP contribution in [0.4, 0.5) is 0 Å². The van der Waals surface area contributed by atoms with Gasteiger partial charge in [-0.15, -0.1) is 0 Å². The summed E-state index contributed by atoms with van der Waals surface area (Å²) in [7, 11) is 1.44. The van der Waals surface area contributed by atoms with E-state index in [1.807, 2.05) is 12.1 Å². The average Bonchev–Trinajstić information content (AvgIpc) is 2.75. The highest BCUT2D eigenvalue weighted by Crippen LogP contribution is 2.43. The van der Waals surface area contributed by atoms with Crippen LogP contribution in [0.5, 0.6) is 0 Å². The zero-order valence-corrected chi connectivity index (χ0v) is 17.9. The van der Waals surface area contributed by atoms with Crippen molar-refractivity contribution < 1.29 is 14.3 Å². The van der Waals surface area contributed by atoms with Crippen LogP contribution in [-0.2, 0) is 9.53 Å². The molecule has 4 atom stereocenters. The van der Waals surface area contributed by atoms with E-state index >= 15 is 0 Å².